The van der Waals surface area contributed by atoms with E-state index in [1.54, 1.807) is 12.1 Å². The predicted molar refractivity (Wildman–Crippen MR) is 94.0 cm³/mol. The van der Waals surface area contributed by atoms with Crippen molar-refractivity contribution in [2.45, 2.75) is 36.2 Å². The zero-order valence-corrected chi connectivity index (χ0v) is 15.2. The molecule has 2 aliphatic rings. The Hall–Kier alpha value is -1.48. The second-order valence-corrected chi connectivity index (χ2v) is 8.28. The molecule has 0 radical (unpaired) electrons. The number of nitrogens with one attached hydrogen (secondary N) is 2. The number of sulfonamides is 1. The summed E-state index contributed by atoms with van der Waals surface area (Å²) >= 11 is 0. The van der Waals surface area contributed by atoms with Gasteiger partial charge >= 0.3 is 0 Å². The van der Waals surface area contributed by atoms with Gasteiger partial charge in [0.2, 0.25) is 10.0 Å². The molecule has 3 rings (SSSR count). The molecule has 1 aromatic carbocycles. The van der Waals surface area contributed by atoms with Crippen LogP contribution in [0.1, 0.15) is 29.6 Å². The lowest BCUT2D eigenvalue weighted by Crippen LogP contribution is -2.42. The molecule has 2 bridgehead atoms. The number of fused-ring (bicyclic) bond motifs is 2. The van der Waals surface area contributed by atoms with Gasteiger partial charge in [0.15, 0.2) is 0 Å². The fourth-order valence-corrected chi connectivity index (χ4v) is 4.68. The molecule has 25 heavy (non-hydrogen) atoms. The molecule has 0 spiro atoms. The smallest absolute Gasteiger partial charge is 0.254 e. The maximum Gasteiger partial charge on any atom is 0.254 e. The van der Waals surface area contributed by atoms with E-state index >= 15 is 0 Å². The van der Waals surface area contributed by atoms with Gasteiger partial charge in [-0.1, -0.05) is 6.07 Å². The maximum absolute atomic E-state index is 13.0. The standard InChI is InChI=1S/C17H25N3O4S/c1-24-10-9-19-25(22,23)16-4-2-3-13(11-16)17(21)20-14-5-6-15(20)12-18-8-7-14/h2-4,11,14-15,18-19H,5-10,12H2,1H3. The van der Waals surface area contributed by atoms with E-state index in [-0.39, 0.29) is 29.4 Å². The molecule has 0 aliphatic carbocycles. The lowest BCUT2D eigenvalue weighted by atomic mass is 10.1. The zero-order valence-electron chi connectivity index (χ0n) is 14.4. The summed E-state index contributed by atoms with van der Waals surface area (Å²) in [6.45, 7) is 2.21. The Morgan fingerprint density at radius 2 is 2.12 bits per heavy atom. The molecule has 2 fully saturated rings. The molecule has 8 heteroatoms. The summed E-state index contributed by atoms with van der Waals surface area (Å²) in [6, 6.07) is 6.72. The van der Waals surface area contributed by atoms with E-state index in [9.17, 15) is 13.2 Å². The fourth-order valence-electron chi connectivity index (χ4n) is 3.62. The minimum absolute atomic E-state index is 0.0786. The first-order valence-electron chi connectivity index (χ1n) is 8.65. The highest BCUT2D eigenvalue weighted by Gasteiger charge is 2.38. The Morgan fingerprint density at radius 1 is 1.32 bits per heavy atom. The molecule has 2 N–H and O–H groups in total. The summed E-state index contributed by atoms with van der Waals surface area (Å²) in [5, 5.41) is 3.37. The van der Waals surface area contributed by atoms with E-state index < -0.39 is 10.0 Å². The number of hydrogen-bond acceptors (Lipinski definition) is 5. The van der Waals surface area contributed by atoms with E-state index in [1.807, 2.05) is 4.90 Å². The van der Waals surface area contributed by atoms with Gasteiger partial charge in [0.25, 0.3) is 5.91 Å². The molecule has 0 saturated carbocycles. The van der Waals surface area contributed by atoms with Crippen LogP contribution in [-0.2, 0) is 14.8 Å². The molecule has 2 unspecified atom stereocenters. The van der Waals surface area contributed by atoms with Crippen molar-refractivity contribution in [1.82, 2.24) is 14.9 Å². The summed E-state index contributed by atoms with van der Waals surface area (Å²) in [6.07, 6.45) is 2.97. The van der Waals surface area contributed by atoms with Gasteiger partial charge in [-0.3, -0.25) is 4.79 Å². The quantitative estimate of drug-likeness (QED) is 0.718. The third kappa shape index (κ3) is 4.03. The molecular weight excluding hydrogens is 342 g/mol. The van der Waals surface area contributed by atoms with Gasteiger partial charge in [-0.2, -0.15) is 0 Å². The Bertz CT molecular complexity index is 708. The highest BCUT2D eigenvalue weighted by Crippen LogP contribution is 2.29. The van der Waals surface area contributed by atoms with Crippen LogP contribution < -0.4 is 10.0 Å². The minimum atomic E-state index is -3.65. The van der Waals surface area contributed by atoms with E-state index in [4.69, 9.17) is 4.74 Å². The van der Waals surface area contributed by atoms with Crippen LogP contribution in [0.25, 0.3) is 0 Å². The fraction of sp³-hybridized carbons (Fsp3) is 0.588. The second kappa shape index (κ2) is 7.82. The zero-order chi connectivity index (χ0) is 17.9. The minimum Gasteiger partial charge on any atom is -0.383 e. The van der Waals surface area contributed by atoms with Crippen molar-refractivity contribution in [2.24, 2.45) is 0 Å². The van der Waals surface area contributed by atoms with E-state index in [0.717, 1.165) is 32.4 Å². The lowest BCUT2D eigenvalue weighted by molar-refractivity contribution is 0.0680. The average molecular weight is 367 g/mol. The SMILES string of the molecule is COCCNS(=O)(=O)c1cccc(C(=O)N2C3CCNCC2CC3)c1. The van der Waals surface area contributed by atoms with Crippen molar-refractivity contribution in [2.75, 3.05) is 33.4 Å². The Labute approximate surface area is 148 Å². The van der Waals surface area contributed by atoms with Crippen LogP contribution in [0.5, 0.6) is 0 Å². The van der Waals surface area contributed by atoms with Crippen LogP contribution in [0.4, 0.5) is 0 Å². The molecule has 2 aliphatic heterocycles. The van der Waals surface area contributed by atoms with Gasteiger partial charge in [0.05, 0.1) is 11.5 Å². The Kier molecular flexibility index (Phi) is 5.73. The number of nitrogens with zero attached hydrogens (tertiary/aromatic N) is 1. The molecular formula is C17H25N3O4S. The molecule has 2 heterocycles. The molecule has 1 amide bonds. The van der Waals surface area contributed by atoms with Crippen molar-refractivity contribution in [3.8, 4) is 0 Å². The predicted octanol–water partition coefficient (Wildman–Crippen LogP) is 0.578. The van der Waals surface area contributed by atoms with Crippen molar-refractivity contribution >= 4 is 15.9 Å². The van der Waals surface area contributed by atoms with E-state index in [0.29, 0.717) is 12.2 Å². The molecule has 2 saturated heterocycles. The van der Waals surface area contributed by atoms with Gasteiger partial charge in [0.1, 0.15) is 0 Å². The van der Waals surface area contributed by atoms with Gasteiger partial charge in [-0.25, -0.2) is 13.1 Å². The Morgan fingerprint density at radius 3 is 2.92 bits per heavy atom. The highest BCUT2D eigenvalue weighted by molar-refractivity contribution is 7.89. The first-order valence-corrected chi connectivity index (χ1v) is 10.1. The van der Waals surface area contributed by atoms with Gasteiger partial charge in [-0.05, 0) is 44.0 Å². The van der Waals surface area contributed by atoms with Crippen LogP contribution in [0.2, 0.25) is 0 Å². The van der Waals surface area contributed by atoms with E-state index in [2.05, 4.69) is 10.0 Å². The van der Waals surface area contributed by atoms with Gasteiger partial charge < -0.3 is 15.0 Å². The lowest BCUT2D eigenvalue weighted by Gasteiger charge is -2.28. The number of benzene rings is 1. The average Bonchev–Trinajstić information content (AvgIpc) is 2.87. The first kappa shape index (κ1) is 18.3. The van der Waals surface area contributed by atoms with Crippen molar-refractivity contribution in [1.29, 1.82) is 0 Å². The third-order valence-electron chi connectivity index (χ3n) is 4.88. The molecule has 1 aromatic rings. The molecule has 2 atom stereocenters. The van der Waals surface area contributed by atoms with Crippen LogP contribution in [0, 0.1) is 0 Å². The monoisotopic (exact) mass is 367 g/mol. The number of rotatable bonds is 6. The third-order valence-corrected chi connectivity index (χ3v) is 6.34. The Balaban J connectivity index is 1.80. The molecule has 7 nitrogen and oxygen atoms in total. The van der Waals surface area contributed by atoms with Crippen LogP contribution >= 0.6 is 0 Å². The van der Waals surface area contributed by atoms with Crippen LogP contribution in [0.15, 0.2) is 29.2 Å². The summed E-state index contributed by atoms with van der Waals surface area (Å²) in [5.41, 5.74) is 0.424. The molecule has 138 valence electrons. The van der Waals surface area contributed by atoms with Crippen molar-refractivity contribution in [3.63, 3.8) is 0 Å². The second-order valence-electron chi connectivity index (χ2n) is 6.51. The van der Waals surface area contributed by atoms with Crippen LogP contribution in [0.3, 0.4) is 0 Å². The topological polar surface area (TPSA) is 87.7 Å². The highest BCUT2D eigenvalue weighted by atomic mass is 32.2. The van der Waals surface area contributed by atoms with Crippen LogP contribution in [-0.4, -0.2) is 64.7 Å². The summed E-state index contributed by atoms with van der Waals surface area (Å²) in [7, 11) is -2.14. The first-order chi connectivity index (χ1) is 12.0. The largest absolute Gasteiger partial charge is 0.383 e. The number of methoxy groups -OCH3 is 1. The number of hydrogen-bond donors (Lipinski definition) is 2. The number of ether oxygens (including phenoxy) is 1. The van der Waals surface area contributed by atoms with E-state index in [1.165, 1.54) is 19.2 Å². The van der Waals surface area contributed by atoms with Crippen molar-refractivity contribution in [3.05, 3.63) is 29.8 Å². The summed E-state index contributed by atoms with van der Waals surface area (Å²) in [5.74, 6) is -0.0786. The number of amides is 1. The normalized spacial score (nSPS) is 23.5. The van der Waals surface area contributed by atoms with Gasteiger partial charge in [-0.15, -0.1) is 0 Å². The summed E-state index contributed by atoms with van der Waals surface area (Å²) in [4.78, 5) is 15.1. The molecule has 0 aromatic heterocycles. The maximum atomic E-state index is 13.0. The number of carbonyl (C=O) groups is 1. The summed E-state index contributed by atoms with van der Waals surface area (Å²) < 4.78 is 32.0. The number of carbonyl (C=O) groups excluding carboxylic acids is 1. The van der Waals surface area contributed by atoms with Gasteiger partial charge in [0, 0.05) is 37.8 Å². The van der Waals surface area contributed by atoms with Crippen molar-refractivity contribution < 1.29 is 17.9 Å².